The summed E-state index contributed by atoms with van der Waals surface area (Å²) in [5.74, 6) is 1.21. The SMILES string of the molecule is S=CC1NCCS1. The molecule has 0 saturated carbocycles. The number of hydrogen-bond donors (Lipinski definition) is 1. The van der Waals surface area contributed by atoms with Crippen molar-refractivity contribution >= 4 is 29.3 Å². The fraction of sp³-hybridized carbons (Fsp3) is 0.750. The molecular formula is C4H7NS2. The van der Waals surface area contributed by atoms with Crippen LogP contribution in [-0.4, -0.2) is 23.0 Å². The number of nitrogens with one attached hydrogen (secondary N) is 1. The highest BCUT2D eigenvalue weighted by Gasteiger charge is 2.09. The van der Waals surface area contributed by atoms with Crippen molar-refractivity contribution in [1.82, 2.24) is 5.32 Å². The lowest BCUT2D eigenvalue weighted by molar-refractivity contribution is 0.839. The minimum Gasteiger partial charge on any atom is -0.301 e. The zero-order chi connectivity index (χ0) is 5.11. The second-order valence-electron chi connectivity index (χ2n) is 1.38. The fourth-order valence-electron chi connectivity index (χ4n) is 0.533. The summed E-state index contributed by atoms with van der Waals surface area (Å²) in [6.07, 6.45) is 0. The molecule has 1 heterocycles. The van der Waals surface area contributed by atoms with E-state index in [1.807, 2.05) is 11.8 Å². The number of thiocarbonyl (C=S) groups is 1. The van der Waals surface area contributed by atoms with Gasteiger partial charge in [-0.2, -0.15) is 0 Å². The highest BCUT2D eigenvalue weighted by molar-refractivity contribution is 8.01. The summed E-state index contributed by atoms with van der Waals surface area (Å²) in [7, 11) is 0. The molecule has 1 saturated heterocycles. The molecule has 1 N–H and O–H groups in total. The second-order valence-corrected chi connectivity index (χ2v) is 2.90. The van der Waals surface area contributed by atoms with Crippen LogP contribution in [0.5, 0.6) is 0 Å². The van der Waals surface area contributed by atoms with Crippen LogP contribution in [0.4, 0.5) is 0 Å². The van der Waals surface area contributed by atoms with Gasteiger partial charge < -0.3 is 5.32 Å². The lowest BCUT2D eigenvalue weighted by Crippen LogP contribution is -2.19. The summed E-state index contributed by atoms with van der Waals surface area (Å²) in [5.41, 5.74) is 0. The van der Waals surface area contributed by atoms with Crippen molar-refractivity contribution in [3.8, 4) is 0 Å². The molecule has 7 heavy (non-hydrogen) atoms. The van der Waals surface area contributed by atoms with Gasteiger partial charge in [-0.25, -0.2) is 0 Å². The lowest BCUT2D eigenvalue weighted by Gasteiger charge is -1.95. The van der Waals surface area contributed by atoms with Crippen molar-refractivity contribution in [2.24, 2.45) is 0 Å². The van der Waals surface area contributed by atoms with Crippen LogP contribution < -0.4 is 5.32 Å². The van der Waals surface area contributed by atoms with E-state index in [4.69, 9.17) is 12.2 Å². The Morgan fingerprint density at radius 2 is 2.71 bits per heavy atom. The monoisotopic (exact) mass is 133 g/mol. The van der Waals surface area contributed by atoms with Gasteiger partial charge in [0, 0.05) is 17.7 Å². The molecule has 0 aromatic rings. The van der Waals surface area contributed by atoms with E-state index < -0.39 is 0 Å². The van der Waals surface area contributed by atoms with Crippen LogP contribution in [0.1, 0.15) is 0 Å². The molecular weight excluding hydrogens is 126 g/mol. The van der Waals surface area contributed by atoms with Crippen LogP contribution in [0.15, 0.2) is 0 Å². The first-order chi connectivity index (χ1) is 3.43. The van der Waals surface area contributed by atoms with Crippen molar-refractivity contribution in [3.05, 3.63) is 0 Å². The zero-order valence-electron chi connectivity index (χ0n) is 3.89. The van der Waals surface area contributed by atoms with Gasteiger partial charge >= 0.3 is 0 Å². The Kier molecular flexibility index (Phi) is 2.09. The Morgan fingerprint density at radius 3 is 3.00 bits per heavy atom. The van der Waals surface area contributed by atoms with E-state index in [2.05, 4.69) is 5.32 Å². The summed E-state index contributed by atoms with van der Waals surface area (Å²) >= 11 is 6.57. The van der Waals surface area contributed by atoms with Crippen LogP contribution in [0.2, 0.25) is 0 Å². The predicted molar refractivity (Wildman–Crippen MR) is 37.9 cm³/mol. The molecule has 1 atom stereocenters. The maximum atomic E-state index is 4.70. The summed E-state index contributed by atoms with van der Waals surface area (Å²) in [4.78, 5) is 0. The molecule has 1 rings (SSSR count). The van der Waals surface area contributed by atoms with Crippen LogP contribution in [0, 0.1) is 0 Å². The maximum absolute atomic E-state index is 4.70. The molecule has 0 amide bonds. The topological polar surface area (TPSA) is 12.0 Å². The van der Waals surface area contributed by atoms with Crippen molar-refractivity contribution < 1.29 is 0 Å². The third-order valence-electron chi connectivity index (χ3n) is 0.869. The molecule has 1 unspecified atom stereocenters. The van der Waals surface area contributed by atoms with Crippen molar-refractivity contribution in [3.63, 3.8) is 0 Å². The standard InChI is InChI=1S/C4H7NS2/c6-3-4-5-1-2-7-4/h3-5H,1-2H2. The Morgan fingerprint density at radius 1 is 1.86 bits per heavy atom. The lowest BCUT2D eigenvalue weighted by atomic mass is 10.7. The smallest absolute Gasteiger partial charge is 0.0823 e. The normalized spacial score (nSPS) is 30.6. The van der Waals surface area contributed by atoms with Crippen LogP contribution in [-0.2, 0) is 0 Å². The Bertz CT molecular complexity index is 68.1. The maximum Gasteiger partial charge on any atom is 0.0823 e. The molecule has 1 fully saturated rings. The van der Waals surface area contributed by atoms with E-state index in [9.17, 15) is 0 Å². The van der Waals surface area contributed by atoms with Gasteiger partial charge in [0.2, 0.25) is 0 Å². The first-order valence-corrected chi connectivity index (χ1v) is 3.76. The largest absolute Gasteiger partial charge is 0.301 e. The minimum atomic E-state index is 0.454. The molecule has 1 aliphatic rings. The molecule has 0 spiro atoms. The van der Waals surface area contributed by atoms with Crippen molar-refractivity contribution in [2.45, 2.75) is 5.37 Å². The quantitative estimate of drug-likeness (QED) is 0.527. The first-order valence-electron chi connectivity index (χ1n) is 2.24. The van der Waals surface area contributed by atoms with E-state index in [1.165, 1.54) is 5.75 Å². The van der Waals surface area contributed by atoms with E-state index >= 15 is 0 Å². The van der Waals surface area contributed by atoms with Gasteiger partial charge in [0.05, 0.1) is 5.37 Å². The van der Waals surface area contributed by atoms with E-state index in [1.54, 1.807) is 5.37 Å². The zero-order valence-corrected chi connectivity index (χ0v) is 5.52. The average molecular weight is 133 g/mol. The third-order valence-corrected chi connectivity index (χ3v) is 2.41. The van der Waals surface area contributed by atoms with Gasteiger partial charge in [-0.1, -0.05) is 12.2 Å². The van der Waals surface area contributed by atoms with Gasteiger partial charge in [0.15, 0.2) is 0 Å². The summed E-state index contributed by atoms with van der Waals surface area (Å²) < 4.78 is 0. The number of hydrogen-bond acceptors (Lipinski definition) is 3. The van der Waals surface area contributed by atoms with Gasteiger partial charge in [0.25, 0.3) is 0 Å². The van der Waals surface area contributed by atoms with Crippen LogP contribution in [0.25, 0.3) is 0 Å². The molecule has 0 aromatic carbocycles. The molecule has 0 aliphatic carbocycles. The number of rotatable bonds is 1. The third kappa shape index (κ3) is 1.40. The van der Waals surface area contributed by atoms with E-state index in [-0.39, 0.29) is 0 Å². The predicted octanol–water partition coefficient (Wildman–Crippen LogP) is 0.649. The summed E-state index contributed by atoms with van der Waals surface area (Å²) in [6, 6.07) is 0. The van der Waals surface area contributed by atoms with E-state index in [0.717, 1.165) is 6.54 Å². The first kappa shape index (κ1) is 5.54. The van der Waals surface area contributed by atoms with Gasteiger partial charge in [0.1, 0.15) is 0 Å². The molecule has 1 nitrogen and oxygen atoms in total. The molecule has 0 aromatic heterocycles. The Labute approximate surface area is 52.9 Å². The highest BCUT2D eigenvalue weighted by atomic mass is 32.2. The molecule has 3 heteroatoms. The number of thioether (sulfide) groups is 1. The van der Waals surface area contributed by atoms with Gasteiger partial charge in [-0.15, -0.1) is 11.8 Å². The summed E-state index contributed by atoms with van der Waals surface area (Å²) in [5, 5.41) is 5.44. The van der Waals surface area contributed by atoms with Crippen LogP contribution >= 0.6 is 24.0 Å². The van der Waals surface area contributed by atoms with Gasteiger partial charge in [-0.05, 0) is 0 Å². The summed E-state index contributed by atoms with van der Waals surface area (Å²) in [6.45, 7) is 1.11. The average Bonchev–Trinajstić information content (AvgIpc) is 2.14. The Balaban J connectivity index is 2.26. The Hall–Kier alpha value is 0.400. The van der Waals surface area contributed by atoms with Crippen molar-refractivity contribution in [1.29, 1.82) is 0 Å². The van der Waals surface area contributed by atoms with E-state index in [0.29, 0.717) is 5.37 Å². The molecule has 0 radical (unpaired) electrons. The van der Waals surface area contributed by atoms with Crippen LogP contribution in [0.3, 0.4) is 0 Å². The van der Waals surface area contributed by atoms with Crippen molar-refractivity contribution in [2.75, 3.05) is 12.3 Å². The molecule has 0 bridgehead atoms. The molecule has 1 aliphatic heterocycles. The highest BCUT2D eigenvalue weighted by Crippen LogP contribution is 2.10. The fourth-order valence-corrected chi connectivity index (χ4v) is 1.67. The van der Waals surface area contributed by atoms with Gasteiger partial charge in [-0.3, -0.25) is 0 Å². The minimum absolute atomic E-state index is 0.454. The second kappa shape index (κ2) is 2.64. The molecule has 40 valence electrons.